The molecule has 4 heteroatoms. The number of rotatable bonds is 2. The van der Waals surface area contributed by atoms with Crippen LogP contribution < -0.4 is 5.32 Å². The number of nitrogens with zero attached hydrogens (tertiary/aromatic N) is 1. The number of anilines is 1. The average Bonchev–Trinajstić information content (AvgIpc) is 2.88. The van der Waals surface area contributed by atoms with Gasteiger partial charge >= 0.3 is 0 Å². The maximum Gasteiger partial charge on any atom is 0.242 e. The molecule has 1 aliphatic rings. The fourth-order valence-corrected chi connectivity index (χ4v) is 2.85. The van der Waals surface area contributed by atoms with Crippen LogP contribution in [0.15, 0.2) is 59.0 Å². The Bertz CT molecular complexity index is 805. The van der Waals surface area contributed by atoms with E-state index in [0.717, 1.165) is 28.0 Å². The van der Waals surface area contributed by atoms with E-state index in [1.807, 2.05) is 59.5 Å². The third-order valence-electron chi connectivity index (χ3n) is 3.98. The molecule has 1 N–H and O–H groups in total. The molecule has 1 amide bonds. The van der Waals surface area contributed by atoms with Crippen molar-refractivity contribution in [1.82, 2.24) is 4.90 Å². The van der Waals surface area contributed by atoms with Crippen molar-refractivity contribution in [1.29, 1.82) is 0 Å². The Kier molecular flexibility index (Phi) is 3.07. The van der Waals surface area contributed by atoms with Gasteiger partial charge in [0.2, 0.25) is 5.91 Å². The number of nitrogens with one attached hydrogen (secondary N) is 1. The summed E-state index contributed by atoms with van der Waals surface area (Å²) >= 11 is 0. The van der Waals surface area contributed by atoms with Crippen LogP contribution in [0.2, 0.25) is 0 Å². The van der Waals surface area contributed by atoms with Gasteiger partial charge in [-0.3, -0.25) is 4.79 Å². The van der Waals surface area contributed by atoms with Crippen molar-refractivity contribution in [3.63, 3.8) is 0 Å². The fourth-order valence-electron chi connectivity index (χ4n) is 2.85. The van der Waals surface area contributed by atoms with Crippen molar-refractivity contribution >= 4 is 22.6 Å². The highest BCUT2D eigenvalue weighted by molar-refractivity contribution is 5.83. The molecule has 1 aromatic heterocycles. The molecule has 110 valence electrons. The number of fused-ring (bicyclic) bond motifs is 2. The lowest BCUT2D eigenvalue weighted by Crippen LogP contribution is -2.32. The van der Waals surface area contributed by atoms with E-state index < -0.39 is 0 Å². The third-order valence-corrected chi connectivity index (χ3v) is 3.98. The maximum absolute atomic E-state index is 12.3. The summed E-state index contributed by atoms with van der Waals surface area (Å²) in [6.45, 7) is 1.40. The minimum absolute atomic E-state index is 0.0802. The summed E-state index contributed by atoms with van der Waals surface area (Å²) in [4.78, 5) is 14.2. The quantitative estimate of drug-likeness (QED) is 0.787. The summed E-state index contributed by atoms with van der Waals surface area (Å²) in [6.07, 6.45) is 0. The van der Waals surface area contributed by atoms with E-state index in [4.69, 9.17) is 4.42 Å². The lowest BCUT2D eigenvalue weighted by molar-refractivity contribution is -0.130. The molecule has 0 spiro atoms. The first-order valence-electron chi connectivity index (χ1n) is 7.36. The summed E-state index contributed by atoms with van der Waals surface area (Å²) in [5, 5.41) is 4.26. The molecule has 0 radical (unpaired) electrons. The smallest absolute Gasteiger partial charge is 0.242 e. The highest BCUT2D eigenvalue weighted by atomic mass is 16.3. The van der Waals surface area contributed by atoms with Crippen molar-refractivity contribution in [3.8, 4) is 0 Å². The molecule has 4 rings (SSSR count). The van der Waals surface area contributed by atoms with Crippen molar-refractivity contribution < 1.29 is 9.21 Å². The molecule has 2 heterocycles. The molecule has 2 aromatic carbocycles. The molecule has 3 aromatic rings. The van der Waals surface area contributed by atoms with E-state index in [-0.39, 0.29) is 5.91 Å². The standard InChI is InChI=1S/C18H16N2O2/c21-18-10-19-16-7-3-1-6-14(16)11-20(18)12-15-9-13-5-2-4-8-17(13)22-15/h1-9,19H,10-12H2. The van der Waals surface area contributed by atoms with E-state index in [0.29, 0.717) is 19.6 Å². The minimum Gasteiger partial charge on any atom is -0.459 e. The van der Waals surface area contributed by atoms with Gasteiger partial charge in [-0.05, 0) is 23.8 Å². The van der Waals surface area contributed by atoms with Crippen LogP contribution in [0.4, 0.5) is 5.69 Å². The lowest BCUT2D eigenvalue weighted by atomic mass is 10.1. The van der Waals surface area contributed by atoms with Crippen LogP contribution in [-0.4, -0.2) is 17.4 Å². The Balaban J connectivity index is 1.62. The first kappa shape index (κ1) is 13.0. The summed E-state index contributed by atoms with van der Waals surface area (Å²) < 4.78 is 5.83. The largest absolute Gasteiger partial charge is 0.459 e. The van der Waals surface area contributed by atoms with Crippen molar-refractivity contribution in [3.05, 3.63) is 65.9 Å². The molecular weight excluding hydrogens is 276 g/mol. The number of hydrogen-bond donors (Lipinski definition) is 1. The van der Waals surface area contributed by atoms with Gasteiger partial charge in [-0.1, -0.05) is 36.4 Å². The van der Waals surface area contributed by atoms with E-state index in [9.17, 15) is 4.79 Å². The summed E-state index contributed by atoms with van der Waals surface area (Å²) in [5.74, 6) is 0.894. The number of benzene rings is 2. The Morgan fingerprint density at radius 2 is 1.91 bits per heavy atom. The van der Waals surface area contributed by atoms with Gasteiger partial charge in [-0.15, -0.1) is 0 Å². The second kappa shape index (κ2) is 5.22. The zero-order valence-corrected chi connectivity index (χ0v) is 12.1. The molecule has 0 bridgehead atoms. The highest BCUT2D eigenvalue weighted by Gasteiger charge is 2.21. The number of para-hydroxylation sites is 2. The zero-order valence-electron chi connectivity index (χ0n) is 12.1. The Morgan fingerprint density at radius 3 is 2.82 bits per heavy atom. The normalized spacial score (nSPS) is 14.5. The number of carbonyl (C=O) groups excluding carboxylic acids is 1. The Morgan fingerprint density at radius 1 is 1.09 bits per heavy atom. The third kappa shape index (κ3) is 2.33. The molecule has 1 aliphatic heterocycles. The number of carbonyl (C=O) groups is 1. The molecule has 0 saturated heterocycles. The number of hydrogen-bond acceptors (Lipinski definition) is 3. The van der Waals surface area contributed by atoms with Gasteiger partial charge in [0, 0.05) is 17.6 Å². The lowest BCUT2D eigenvalue weighted by Gasteiger charge is -2.19. The second-order valence-corrected chi connectivity index (χ2v) is 5.51. The average molecular weight is 292 g/mol. The van der Waals surface area contributed by atoms with Crippen molar-refractivity contribution in [2.24, 2.45) is 0 Å². The van der Waals surface area contributed by atoms with Crippen LogP contribution in [0, 0.1) is 0 Å². The van der Waals surface area contributed by atoms with E-state index >= 15 is 0 Å². The molecular formula is C18H16N2O2. The maximum atomic E-state index is 12.3. The minimum atomic E-state index is 0.0802. The van der Waals surface area contributed by atoms with Crippen LogP contribution in [0.3, 0.4) is 0 Å². The van der Waals surface area contributed by atoms with Crippen LogP contribution >= 0.6 is 0 Å². The zero-order chi connectivity index (χ0) is 14.9. The number of furan rings is 1. The Hall–Kier alpha value is -2.75. The predicted molar refractivity (Wildman–Crippen MR) is 85.4 cm³/mol. The number of amides is 1. The first-order chi connectivity index (χ1) is 10.8. The first-order valence-corrected chi connectivity index (χ1v) is 7.36. The predicted octanol–water partition coefficient (Wildman–Crippen LogP) is 3.39. The summed E-state index contributed by atoms with van der Waals surface area (Å²) in [7, 11) is 0. The van der Waals surface area contributed by atoms with Gasteiger partial charge in [0.15, 0.2) is 0 Å². The molecule has 0 unspecified atom stereocenters. The van der Waals surface area contributed by atoms with E-state index in [2.05, 4.69) is 5.32 Å². The van der Waals surface area contributed by atoms with Crippen LogP contribution in [0.5, 0.6) is 0 Å². The van der Waals surface area contributed by atoms with Gasteiger partial charge in [-0.2, -0.15) is 0 Å². The molecule has 4 nitrogen and oxygen atoms in total. The van der Waals surface area contributed by atoms with Gasteiger partial charge in [0.05, 0.1) is 13.1 Å². The van der Waals surface area contributed by atoms with Gasteiger partial charge < -0.3 is 14.6 Å². The highest BCUT2D eigenvalue weighted by Crippen LogP contribution is 2.24. The molecule has 22 heavy (non-hydrogen) atoms. The van der Waals surface area contributed by atoms with Gasteiger partial charge in [0.25, 0.3) is 0 Å². The van der Waals surface area contributed by atoms with Crippen LogP contribution in [-0.2, 0) is 17.9 Å². The molecule has 0 aliphatic carbocycles. The topological polar surface area (TPSA) is 45.5 Å². The van der Waals surface area contributed by atoms with E-state index in [1.165, 1.54) is 0 Å². The fraction of sp³-hybridized carbons (Fsp3) is 0.167. The summed E-state index contributed by atoms with van der Waals surface area (Å²) in [6, 6.07) is 17.9. The van der Waals surface area contributed by atoms with Gasteiger partial charge in [-0.25, -0.2) is 0 Å². The van der Waals surface area contributed by atoms with Crippen LogP contribution in [0.25, 0.3) is 11.0 Å². The molecule has 0 atom stereocenters. The molecule has 0 fully saturated rings. The van der Waals surface area contributed by atoms with Crippen LogP contribution in [0.1, 0.15) is 11.3 Å². The van der Waals surface area contributed by atoms with Crippen molar-refractivity contribution in [2.45, 2.75) is 13.1 Å². The second-order valence-electron chi connectivity index (χ2n) is 5.51. The van der Waals surface area contributed by atoms with Gasteiger partial charge in [0.1, 0.15) is 11.3 Å². The Labute approximate surface area is 128 Å². The SMILES string of the molecule is O=C1CNc2ccccc2CN1Cc1cc2ccccc2o1. The monoisotopic (exact) mass is 292 g/mol. The van der Waals surface area contributed by atoms with Crippen molar-refractivity contribution in [2.75, 3.05) is 11.9 Å². The molecule has 0 saturated carbocycles. The van der Waals surface area contributed by atoms with E-state index in [1.54, 1.807) is 0 Å². The summed E-state index contributed by atoms with van der Waals surface area (Å²) in [5.41, 5.74) is 3.02.